The fourth-order valence-electron chi connectivity index (χ4n) is 8.62. The summed E-state index contributed by atoms with van der Waals surface area (Å²) in [7, 11) is 0. The van der Waals surface area contributed by atoms with E-state index in [9.17, 15) is 0 Å². The van der Waals surface area contributed by atoms with Gasteiger partial charge in [-0.1, -0.05) is 127 Å². The topological polar surface area (TPSA) is 6.48 Å². The molecule has 0 aliphatic rings. The molecule has 0 spiro atoms. The van der Waals surface area contributed by atoms with Gasteiger partial charge in [-0.05, 0) is 205 Å². The minimum atomic E-state index is 1.14. The Morgan fingerprint density at radius 3 is 1.06 bits per heavy atom. The minimum Gasteiger partial charge on any atom is -0.310 e. The van der Waals surface area contributed by atoms with Gasteiger partial charge in [0.1, 0.15) is 0 Å². The maximum absolute atomic E-state index is 2.41. The Kier molecular flexibility index (Phi) is 11.6. The van der Waals surface area contributed by atoms with Crippen LogP contribution in [0.5, 0.6) is 0 Å². The van der Waals surface area contributed by atoms with E-state index in [1.807, 2.05) is 0 Å². The Balaban J connectivity index is 0.944. The molecule has 2 heteroatoms. The first-order valence-corrected chi connectivity index (χ1v) is 22.4. The second kappa shape index (κ2) is 17.8. The highest BCUT2D eigenvalue weighted by atomic mass is 15.1. The van der Waals surface area contributed by atoms with E-state index >= 15 is 0 Å². The van der Waals surface area contributed by atoms with E-state index in [4.69, 9.17) is 0 Å². The highest BCUT2D eigenvalue weighted by Gasteiger charge is 2.19. The number of anilines is 6. The van der Waals surface area contributed by atoms with Crippen molar-refractivity contribution in [2.24, 2.45) is 0 Å². The van der Waals surface area contributed by atoms with Gasteiger partial charge in [0, 0.05) is 33.8 Å². The zero-order chi connectivity index (χ0) is 44.5. The molecule has 0 amide bonds. The maximum atomic E-state index is 2.41. The molecule has 9 aromatic carbocycles. The van der Waals surface area contributed by atoms with Gasteiger partial charge in [-0.15, -0.1) is 0 Å². The fraction of sp³-hybridized carbons (Fsp3) is 0.129. The average Bonchev–Trinajstić information content (AvgIpc) is 3.31. The van der Waals surface area contributed by atoms with Gasteiger partial charge in [-0.25, -0.2) is 0 Å². The van der Waals surface area contributed by atoms with E-state index in [1.165, 1.54) is 88.8 Å². The summed E-state index contributed by atoms with van der Waals surface area (Å²) in [5.41, 5.74) is 24.4. The first kappa shape index (κ1) is 41.9. The quantitative estimate of drug-likeness (QED) is 0.127. The van der Waals surface area contributed by atoms with E-state index in [1.54, 1.807) is 0 Å². The van der Waals surface area contributed by atoms with Gasteiger partial charge in [0.25, 0.3) is 0 Å². The molecule has 0 aliphatic heterocycles. The number of nitrogens with zero attached hydrogens (tertiary/aromatic N) is 2. The van der Waals surface area contributed by atoms with Crippen LogP contribution in [0.1, 0.15) is 55.6 Å². The Morgan fingerprint density at radius 2 is 0.641 bits per heavy atom. The van der Waals surface area contributed by atoms with E-state index in [0.29, 0.717) is 0 Å². The van der Waals surface area contributed by atoms with E-state index in [0.717, 1.165) is 34.0 Å². The minimum absolute atomic E-state index is 1.14. The Hall–Kier alpha value is -7.42. The van der Waals surface area contributed by atoms with E-state index in [2.05, 4.69) is 259 Å². The summed E-state index contributed by atoms with van der Waals surface area (Å²) in [4.78, 5) is 4.77. The molecule has 0 atom stereocenters. The lowest BCUT2D eigenvalue weighted by atomic mass is 9.95. The normalized spacial score (nSPS) is 11.4. The summed E-state index contributed by atoms with van der Waals surface area (Å²) >= 11 is 0. The lowest BCUT2D eigenvalue weighted by molar-refractivity contribution is 1.23. The standard InChI is InChI=1S/C62H56N2/c1-41-13-29-55(37-45(41)5)63(56-30-14-42(2)46(6)38-56)54-33-27-52(28-34-54)51-23-19-49(20-24-51)17-18-50-21-25-53(26-22-50)59-35-36-62(61-12-10-9-11-60(59)61)64(57-31-15-43(3)47(7)39-57)58-32-16-44(4)48(8)40-58/h9-40H,1-8H3/b18-17+. The van der Waals surface area contributed by atoms with Crippen LogP contribution in [0.3, 0.4) is 0 Å². The number of hydrogen-bond donors (Lipinski definition) is 0. The van der Waals surface area contributed by atoms with Crippen LogP contribution in [-0.2, 0) is 0 Å². The summed E-state index contributed by atoms with van der Waals surface area (Å²) in [6, 6.07) is 67.2. The zero-order valence-electron chi connectivity index (χ0n) is 38.4. The lowest BCUT2D eigenvalue weighted by Crippen LogP contribution is -2.11. The maximum Gasteiger partial charge on any atom is 0.0540 e. The molecule has 0 N–H and O–H groups in total. The second-order valence-electron chi connectivity index (χ2n) is 17.5. The van der Waals surface area contributed by atoms with Crippen LogP contribution in [0.2, 0.25) is 0 Å². The number of benzene rings is 9. The van der Waals surface area contributed by atoms with Gasteiger partial charge < -0.3 is 9.80 Å². The molecule has 314 valence electrons. The van der Waals surface area contributed by atoms with Crippen LogP contribution in [-0.4, -0.2) is 0 Å². The third-order valence-corrected chi connectivity index (χ3v) is 13.2. The molecular formula is C62H56N2. The largest absolute Gasteiger partial charge is 0.310 e. The third-order valence-electron chi connectivity index (χ3n) is 13.2. The predicted octanol–water partition coefficient (Wildman–Crippen LogP) is 17.8. The molecular weight excluding hydrogens is 773 g/mol. The molecule has 0 saturated carbocycles. The summed E-state index contributed by atoms with van der Waals surface area (Å²) in [5.74, 6) is 0. The van der Waals surface area contributed by atoms with Crippen LogP contribution in [0, 0.1) is 55.4 Å². The van der Waals surface area contributed by atoms with E-state index in [-0.39, 0.29) is 0 Å². The fourth-order valence-corrected chi connectivity index (χ4v) is 8.62. The molecule has 0 fully saturated rings. The number of hydrogen-bond acceptors (Lipinski definition) is 2. The first-order chi connectivity index (χ1) is 31.0. The molecule has 9 aromatic rings. The molecule has 2 nitrogen and oxygen atoms in total. The summed E-state index contributed by atoms with van der Waals surface area (Å²) in [5, 5.41) is 2.45. The highest BCUT2D eigenvalue weighted by Crippen LogP contribution is 2.43. The van der Waals surface area contributed by atoms with Crippen molar-refractivity contribution < 1.29 is 0 Å². The second-order valence-corrected chi connectivity index (χ2v) is 17.5. The van der Waals surface area contributed by atoms with Crippen molar-refractivity contribution in [3.05, 3.63) is 238 Å². The summed E-state index contributed by atoms with van der Waals surface area (Å²) < 4.78 is 0. The van der Waals surface area contributed by atoms with Gasteiger partial charge in [0.05, 0.1) is 5.69 Å². The van der Waals surface area contributed by atoms with E-state index < -0.39 is 0 Å². The van der Waals surface area contributed by atoms with Crippen LogP contribution < -0.4 is 9.80 Å². The van der Waals surface area contributed by atoms with Crippen LogP contribution in [0.15, 0.2) is 182 Å². The highest BCUT2D eigenvalue weighted by molar-refractivity contribution is 6.06. The van der Waals surface area contributed by atoms with Crippen LogP contribution in [0.4, 0.5) is 34.1 Å². The van der Waals surface area contributed by atoms with Crippen molar-refractivity contribution in [3.63, 3.8) is 0 Å². The Morgan fingerprint density at radius 1 is 0.281 bits per heavy atom. The lowest BCUT2D eigenvalue weighted by Gasteiger charge is -2.28. The first-order valence-electron chi connectivity index (χ1n) is 22.4. The molecule has 0 bridgehead atoms. The van der Waals surface area contributed by atoms with Gasteiger partial charge >= 0.3 is 0 Å². The average molecular weight is 829 g/mol. The molecule has 64 heavy (non-hydrogen) atoms. The van der Waals surface area contributed by atoms with Crippen LogP contribution >= 0.6 is 0 Å². The van der Waals surface area contributed by atoms with Gasteiger partial charge in [-0.2, -0.15) is 0 Å². The van der Waals surface area contributed by atoms with Crippen molar-refractivity contribution in [2.75, 3.05) is 9.80 Å². The van der Waals surface area contributed by atoms with Gasteiger partial charge in [0.2, 0.25) is 0 Å². The molecule has 0 aromatic heterocycles. The number of rotatable bonds is 10. The van der Waals surface area contributed by atoms with Crippen LogP contribution in [0.25, 0.3) is 45.2 Å². The smallest absolute Gasteiger partial charge is 0.0540 e. The summed E-state index contributed by atoms with van der Waals surface area (Å²) in [6.07, 6.45) is 4.40. The number of fused-ring (bicyclic) bond motifs is 1. The molecule has 0 saturated heterocycles. The Bertz CT molecular complexity index is 3070. The van der Waals surface area contributed by atoms with Gasteiger partial charge in [0.15, 0.2) is 0 Å². The third kappa shape index (κ3) is 8.52. The zero-order valence-corrected chi connectivity index (χ0v) is 38.4. The predicted molar refractivity (Wildman–Crippen MR) is 277 cm³/mol. The van der Waals surface area contributed by atoms with Crippen molar-refractivity contribution in [2.45, 2.75) is 55.4 Å². The molecule has 0 aliphatic carbocycles. The van der Waals surface area contributed by atoms with Crippen molar-refractivity contribution >= 4 is 57.0 Å². The summed E-state index contributed by atoms with van der Waals surface area (Å²) in [6.45, 7) is 17.5. The monoisotopic (exact) mass is 828 g/mol. The van der Waals surface area contributed by atoms with Crippen molar-refractivity contribution in [1.82, 2.24) is 0 Å². The molecule has 0 heterocycles. The SMILES string of the molecule is Cc1ccc(N(c2ccc(-c3ccc(/C=C/c4ccc(-c5ccc(N(c6ccc(C)c(C)c6)c6ccc(C)c(C)c6)c6ccccc56)cc4)cc3)cc2)c2ccc(C)c(C)c2)cc1C. The van der Waals surface area contributed by atoms with Gasteiger partial charge in [-0.3, -0.25) is 0 Å². The molecule has 9 rings (SSSR count). The van der Waals surface area contributed by atoms with Crippen molar-refractivity contribution in [1.29, 1.82) is 0 Å². The molecule has 0 radical (unpaired) electrons. The van der Waals surface area contributed by atoms with Crippen molar-refractivity contribution in [3.8, 4) is 22.3 Å². The Labute approximate surface area is 380 Å². The molecule has 0 unspecified atom stereocenters. The number of aryl methyl sites for hydroxylation is 8.